The second-order valence-electron chi connectivity index (χ2n) is 4.44. The zero-order valence-corrected chi connectivity index (χ0v) is 11.5. The molecular weight excluding hydrogens is 224 g/mol. The van der Waals surface area contributed by atoms with Gasteiger partial charge in [0, 0.05) is 18.7 Å². The van der Waals surface area contributed by atoms with Gasteiger partial charge < -0.3 is 10.6 Å². The lowest BCUT2D eigenvalue weighted by Crippen LogP contribution is -2.16. The molecule has 0 bridgehead atoms. The van der Waals surface area contributed by atoms with E-state index in [4.69, 9.17) is 0 Å². The van der Waals surface area contributed by atoms with Crippen molar-refractivity contribution in [2.24, 2.45) is 0 Å². The fourth-order valence-corrected chi connectivity index (χ4v) is 1.80. The quantitative estimate of drug-likeness (QED) is 0.693. The average molecular weight is 248 g/mol. The molecule has 0 heterocycles. The molecule has 0 radical (unpaired) electrons. The SMILES string of the molecule is CCCCCC(=O)Nc1ccccc1CNCC. The topological polar surface area (TPSA) is 41.1 Å². The zero-order chi connectivity index (χ0) is 13.2. The van der Waals surface area contributed by atoms with Gasteiger partial charge in [-0.2, -0.15) is 0 Å². The van der Waals surface area contributed by atoms with Gasteiger partial charge in [0.25, 0.3) is 0 Å². The maximum absolute atomic E-state index is 11.8. The van der Waals surface area contributed by atoms with Gasteiger partial charge in [-0.15, -0.1) is 0 Å². The maximum atomic E-state index is 11.8. The van der Waals surface area contributed by atoms with Crippen LogP contribution in [0.1, 0.15) is 45.1 Å². The number of anilines is 1. The van der Waals surface area contributed by atoms with Crippen LogP contribution in [0.25, 0.3) is 0 Å². The molecule has 0 atom stereocenters. The Hall–Kier alpha value is -1.35. The first-order chi connectivity index (χ1) is 8.77. The predicted octanol–water partition coefficient (Wildman–Crippen LogP) is 3.31. The van der Waals surface area contributed by atoms with Crippen molar-refractivity contribution in [2.45, 2.75) is 46.1 Å². The first-order valence-corrected chi connectivity index (χ1v) is 6.86. The molecule has 0 aliphatic rings. The number of unbranched alkanes of at least 4 members (excludes halogenated alkanes) is 2. The molecule has 100 valence electrons. The van der Waals surface area contributed by atoms with E-state index in [-0.39, 0.29) is 5.91 Å². The van der Waals surface area contributed by atoms with Crippen LogP contribution in [0.4, 0.5) is 5.69 Å². The Morgan fingerprint density at radius 2 is 1.94 bits per heavy atom. The molecule has 3 nitrogen and oxygen atoms in total. The van der Waals surface area contributed by atoms with Crippen molar-refractivity contribution in [3.05, 3.63) is 29.8 Å². The molecular formula is C15H24N2O. The Balaban J connectivity index is 2.51. The van der Waals surface area contributed by atoms with Crippen LogP contribution in [-0.2, 0) is 11.3 Å². The fourth-order valence-electron chi connectivity index (χ4n) is 1.80. The lowest BCUT2D eigenvalue weighted by molar-refractivity contribution is -0.116. The van der Waals surface area contributed by atoms with Crippen molar-refractivity contribution in [3.8, 4) is 0 Å². The summed E-state index contributed by atoms with van der Waals surface area (Å²) in [6, 6.07) is 7.96. The molecule has 2 N–H and O–H groups in total. The Morgan fingerprint density at radius 1 is 1.17 bits per heavy atom. The van der Waals surface area contributed by atoms with Gasteiger partial charge >= 0.3 is 0 Å². The number of rotatable bonds is 8. The number of amides is 1. The van der Waals surface area contributed by atoms with Crippen LogP contribution in [-0.4, -0.2) is 12.5 Å². The van der Waals surface area contributed by atoms with E-state index in [1.165, 1.54) is 0 Å². The predicted molar refractivity (Wildman–Crippen MR) is 76.6 cm³/mol. The van der Waals surface area contributed by atoms with E-state index in [9.17, 15) is 4.79 Å². The summed E-state index contributed by atoms with van der Waals surface area (Å²) in [6.07, 6.45) is 3.85. The van der Waals surface area contributed by atoms with Gasteiger partial charge in [0.2, 0.25) is 5.91 Å². The lowest BCUT2D eigenvalue weighted by atomic mass is 10.1. The molecule has 0 spiro atoms. The minimum Gasteiger partial charge on any atom is -0.326 e. The highest BCUT2D eigenvalue weighted by Gasteiger charge is 2.05. The molecule has 0 fully saturated rings. The van der Waals surface area contributed by atoms with Crippen LogP contribution in [0.15, 0.2) is 24.3 Å². The number of carbonyl (C=O) groups is 1. The minimum atomic E-state index is 0.118. The average Bonchev–Trinajstić information content (AvgIpc) is 2.38. The number of hydrogen-bond donors (Lipinski definition) is 2. The van der Waals surface area contributed by atoms with Crippen molar-refractivity contribution in [2.75, 3.05) is 11.9 Å². The summed E-state index contributed by atoms with van der Waals surface area (Å²) in [7, 11) is 0. The van der Waals surface area contributed by atoms with Crippen LogP contribution in [0.2, 0.25) is 0 Å². The Kier molecular flexibility index (Phi) is 7.11. The monoisotopic (exact) mass is 248 g/mol. The summed E-state index contributed by atoms with van der Waals surface area (Å²) < 4.78 is 0. The third-order valence-electron chi connectivity index (χ3n) is 2.86. The molecule has 3 heteroatoms. The summed E-state index contributed by atoms with van der Waals surface area (Å²) in [6.45, 7) is 5.94. The summed E-state index contributed by atoms with van der Waals surface area (Å²) in [5, 5.41) is 6.28. The Labute approximate surface area is 110 Å². The molecule has 18 heavy (non-hydrogen) atoms. The normalized spacial score (nSPS) is 10.3. The van der Waals surface area contributed by atoms with Crippen LogP contribution in [0.3, 0.4) is 0 Å². The van der Waals surface area contributed by atoms with Gasteiger partial charge in [0.15, 0.2) is 0 Å². The van der Waals surface area contributed by atoms with Crippen LogP contribution in [0, 0.1) is 0 Å². The third-order valence-corrected chi connectivity index (χ3v) is 2.86. The van der Waals surface area contributed by atoms with Crippen LogP contribution >= 0.6 is 0 Å². The van der Waals surface area contributed by atoms with Crippen molar-refractivity contribution < 1.29 is 4.79 Å². The van der Waals surface area contributed by atoms with Crippen molar-refractivity contribution in [1.29, 1.82) is 0 Å². The van der Waals surface area contributed by atoms with E-state index in [1.54, 1.807) is 0 Å². The number of carbonyl (C=O) groups excluding carboxylic acids is 1. The molecule has 0 saturated carbocycles. The second-order valence-corrected chi connectivity index (χ2v) is 4.44. The van der Waals surface area contributed by atoms with Gasteiger partial charge in [-0.05, 0) is 24.6 Å². The minimum absolute atomic E-state index is 0.118. The smallest absolute Gasteiger partial charge is 0.224 e. The van der Waals surface area contributed by atoms with Crippen molar-refractivity contribution >= 4 is 11.6 Å². The highest BCUT2D eigenvalue weighted by molar-refractivity contribution is 5.91. The zero-order valence-electron chi connectivity index (χ0n) is 11.5. The van der Waals surface area contributed by atoms with Gasteiger partial charge in [-0.1, -0.05) is 44.9 Å². The molecule has 0 aromatic heterocycles. The van der Waals surface area contributed by atoms with E-state index >= 15 is 0 Å². The van der Waals surface area contributed by atoms with E-state index in [0.29, 0.717) is 6.42 Å². The number of hydrogen-bond acceptors (Lipinski definition) is 2. The number of benzene rings is 1. The first kappa shape index (κ1) is 14.7. The van der Waals surface area contributed by atoms with E-state index in [2.05, 4.69) is 24.5 Å². The summed E-state index contributed by atoms with van der Waals surface area (Å²) in [4.78, 5) is 11.8. The van der Waals surface area contributed by atoms with Crippen molar-refractivity contribution in [1.82, 2.24) is 5.32 Å². The van der Waals surface area contributed by atoms with Gasteiger partial charge in [0.1, 0.15) is 0 Å². The van der Waals surface area contributed by atoms with Crippen LogP contribution < -0.4 is 10.6 Å². The first-order valence-electron chi connectivity index (χ1n) is 6.86. The molecule has 1 amide bonds. The molecule has 1 rings (SSSR count). The number of nitrogens with one attached hydrogen (secondary N) is 2. The summed E-state index contributed by atoms with van der Waals surface area (Å²) in [5.41, 5.74) is 2.07. The van der Waals surface area contributed by atoms with Crippen molar-refractivity contribution in [3.63, 3.8) is 0 Å². The highest BCUT2D eigenvalue weighted by atomic mass is 16.1. The number of para-hydroxylation sites is 1. The molecule has 0 unspecified atom stereocenters. The van der Waals surface area contributed by atoms with Gasteiger partial charge in [0.05, 0.1) is 0 Å². The lowest BCUT2D eigenvalue weighted by Gasteiger charge is -2.11. The van der Waals surface area contributed by atoms with Gasteiger partial charge in [-0.25, -0.2) is 0 Å². The largest absolute Gasteiger partial charge is 0.326 e. The second kappa shape index (κ2) is 8.70. The molecule has 0 aliphatic carbocycles. The molecule has 1 aromatic rings. The summed E-state index contributed by atoms with van der Waals surface area (Å²) >= 11 is 0. The maximum Gasteiger partial charge on any atom is 0.224 e. The van der Waals surface area contributed by atoms with E-state index < -0.39 is 0 Å². The standard InChI is InChI=1S/C15H24N2O/c1-3-5-6-11-15(18)17-14-10-8-7-9-13(14)12-16-4-2/h7-10,16H,3-6,11-12H2,1-2H3,(H,17,18). The highest BCUT2D eigenvalue weighted by Crippen LogP contribution is 2.15. The fraction of sp³-hybridized carbons (Fsp3) is 0.533. The van der Waals surface area contributed by atoms with Gasteiger partial charge in [-0.3, -0.25) is 4.79 Å². The Morgan fingerprint density at radius 3 is 2.67 bits per heavy atom. The third kappa shape index (κ3) is 5.32. The van der Waals surface area contributed by atoms with Crippen LogP contribution in [0.5, 0.6) is 0 Å². The molecule has 1 aromatic carbocycles. The van der Waals surface area contributed by atoms with E-state index in [1.807, 2.05) is 24.3 Å². The van der Waals surface area contributed by atoms with E-state index in [0.717, 1.165) is 43.6 Å². The molecule has 0 saturated heterocycles. The summed E-state index contributed by atoms with van der Waals surface area (Å²) in [5.74, 6) is 0.118. The molecule has 0 aliphatic heterocycles. The Bertz CT molecular complexity index is 363.